The Morgan fingerprint density at radius 3 is 2.42 bits per heavy atom. The van der Waals surface area contributed by atoms with E-state index in [4.69, 9.17) is 5.26 Å². The molecular weight excluding hydrogens is 355 g/mol. The van der Waals surface area contributed by atoms with Crippen LogP contribution in [0, 0.1) is 11.3 Å². The number of likely N-dealkylation sites (tertiary alicyclic amines) is 1. The van der Waals surface area contributed by atoms with E-state index in [9.17, 15) is 36.3 Å². The molecule has 1 amide bonds. The molecule has 1 saturated heterocycles. The summed E-state index contributed by atoms with van der Waals surface area (Å²) in [4.78, 5) is 23.5. The number of carboxylic acids is 1. The van der Waals surface area contributed by atoms with Gasteiger partial charge in [0, 0.05) is 19.2 Å². The van der Waals surface area contributed by atoms with Gasteiger partial charge in [0.05, 0.1) is 17.4 Å². The molecule has 1 aliphatic carbocycles. The predicted octanol–water partition coefficient (Wildman–Crippen LogP) is -0.728. The van der Waals surface area contributed by atoms with Gasteiger partial charge < -0.3 is 10.4 Å². The van der Waals surface area contributed by atoms with Crippen LogP contribution in [0.5, 0.6) is 0 Å². The molecule has 2 aliphatic rings. The van der Waals surface area contributed by atoms with Crippen LogP contribution in [0.2, 0.25) is 0 Å². The van der Waals surface area contributed by atoms with E-state index in [1.807, 2.05) is 0 Å². The van der Waals surface area contributed by atoms with Crippen LogP contribution < -0.4 is 5.32 Å². The number of carboxylic acid groups (broad SMARTS) is 1. The van der Waals surface area contributed by atoms with Gasteiger partial charge in [-0.15, -0.1) is 0 Å². The molecule has 2 rings (SSSR count). The summed E-state index contributed by atoms with van der Waals surface area (Å²) < 4.78 is 60.3. The van der Waals surface area contributed by atoms with E-state index in [1.165, 1.54) is 4.90 Å². The number of amides is 1. The van der Waals surface area contributed by atoms with Crippen LogP contribution in [-0.4, -0.2) is 72.2 Å². The SMILES string of the molecule is CS(=O)(=O)[C@@H]1C[C@@H](C(=O)O)N(C2CC2(C#N)NC(=O)C(F)(F)F)C1. The van der Waals surface area contributed by atoms with Crippen LogP contribution in [0.4, 0.5) is 13.2 Å². The first-order valence-electron chi connectivity index (χ1n) is 6.80. The summed E-state index contributed by atoms with van der Waals surface area (Å²) in [5, 5.41) is 18.9. The lowest BCUT2D eigenvalue weighted by Crippen LogP contribution is -2.50. The third kappa shape index (κ3) is 3.32. The number of nitrogens with one attached hydrogen (secondary N) is 1. The third-order valence-corrected chi connectivity index (χ3v) is 5.86. The van der Waals surface area contributed by atoms with Crippen molar-refractivity contribution in [3.05, 3.63) is 0 Å². The van der Waals surface area contributed by atoms with Crippen molar-refractivity contribution < 1.29 is 36.3 Å². The molecule has 0 aromatic heterocycles. The second kappa shape index (κ2) is 5.59. The maximum Gasteiger partial charge on any atom is 0.471 e. The van der Waals surface area contributed by atoms with Crippen LogP contribution in [0.25, 0.3) is 0 Å². The molecule has 0 aromatic carbocycles. The lowest BCUT2D eigenvalue weighted by molar-refractivity contribution is -0.174. The number of hydrogen-bond donors (Lipinski definition) is 2. The normalized spacial score (nSPS) is 33.7. The third-order valence-electron chi connectivity index (χ3n) is 4.31. The summed E-state index contributed by atoms with van der Waals surface area (Å²) >= 11 is 0. The Bertz CT molecular complexity index is 716. The predicted molar refractivity (Wildman–Crippen MR) is 72.3 cm³/mol. The Morgan fingerprint density at radius 1 is 1.42 bits per heavy atom. The van der Waals surface area contributed by atoms with Gasteiger partial charge in [-0.2, -0.15) is 18.4 Å². The number of rotatable bonds is 4. The lowest BCUT2D eigenvalue weighted by Gasteiger charge is -2.23. The van der Waals surface area contributed by atoms with Crippen molar-refractivity contribution in [1.29, 1.82) is 5.26 Å². The molecule has 0 aromatic rings. The number of nitrogens with zero attached hydrogens (tertiary/aromatic N) is 2. The first-order chi connectivity index (χ1) is 10.8. The van der Waals surface area contributed by atoms with Crippen LogP contribution in [0.3, 0.4) is 0 Å². The fourth-order valence-corrected chi connectivity index (χ4v) is 3.90. The summed E-state index contributed by atoms with van der Waals surface area (Å²) in [5.74, 6) is -3.63. The van der Waals surface area contributed by atoms with Gasteiger partial charge in [-0.1, -0.05) is 0 Å². The quantitative estimate of drug-likeness (QED) is 0.669. The van der Waals surface area contributed by atoms with E-state index < -0.39 is 50.8 Å². The number of sulfone groups is 1. The van der Waals surface area contributed by atoms with Crippen molar-refractivity contribution >= 4 is 21.7 Å². The van der Waals surface area contributed by atoms with Crippen molar-refractivity contribution in [2.45, 2.75) is 41.9 Å². The minimum atomic E-state index is -5.18. The molecular formula is C12H14F3N3O5S. The second-order valence-electron chi connectivity index (χ2n) is 5.99. The van der Waals surface area contributed by atoms with Gasteiger partial charge in [0.15, 0.2) is 9.84 Å². The number of alkyl halides is 3. The fourth-order valence-electron chi connectivity index (χ4n) is 2.92. The summed E-state index contributed by atoms with van der Waals surface area (Å²) in [7, 11) is -3.55. The summed E-state index contributed by atoms with van der Waals surface area (Å²) in [6.07, 6.45) is -4.66. The minimum absolute atomic E-state index is 0.203. The Balaban J connectivity index is 2.20. The Hall–Kier alpha value is -1.87. The molecule has 8 nitrogen and oxygen atoms in total. The van der Waals surface area contributed by atoms with Gasteiger partial charge in [-0.3, -0.25) is 14.5 Å². The van der Waals surface area contributed by atoms with E-state index in [0.717, 1.165) is 6.26 Å². The van der Waals surface area contributed by atoms with Crippen molar-refractivity contribution in [3.63, 3.8) is 0 Å². The van der Waals surface area contributed by atoms with E-state index in [0.29, 0.717) is 0 Å². The van der Waals surface area contributed by atoms with Crippen molar-refractivity contribution in [2.75, 3.05) is 12.8 Å². The van der Waals surface area contributed by atoms with Gasteiger partial charge in [0.2, 0.25) is 0 Å². The van der Waals surface area contributed by atoms with Crippen molar-refractivity contribution in [2.24, 2.45) is 0 Å². The first kappa shape index (κ1) is 18.5. The zero-order valence-corrected chi connectivity index (χ0v) is 13.2. The fraction of sp³-hybridized carbons (Fsp3) is 0.750. The maximum absolute atomic E-state index is 12.4. The van der Waals surface area contributed by atoms with Crippen molar-refractivity contribution in [1.82, 2.24) is 10.2 Å². The van der Waals surface area contributed by atoms with Crippen molar-refractivity contribution in [3.8, 4) is 6.07 Å². The molecule has 1 saturated carbocycles. The zero-order chi connectivity index (χ0) is 18.5. The average Bonchev–Trinajstić information content (AvgIpc) is 2.93. The van der Waals surface area contributed by atoms with Gasteiger partial charge in [-0.25, -0.2) is 8.42 Å². The minimum Gasteiger partial charge on any atom is -0.480 e. The van der Waals surface area contributed by atoms with E-state index in [1.54, 1.807) is 11.4 Å². The topological polar surface area (TPSA) is 128 Å². The molecule has 1 aliphatic heterocycles. The molecule has 12 heteroatoms. The Labute approximate surface area is 135 Å². The molecule has 4 atom stereocenters. The largest absolute Gasteiger partial charge is 0.480 e. The van der Waals surface area contributed by atoms with Gasteiger partial charge in [0.1, 0.15) is 11.6 Å². The monoisotopic (exact) mass is 369 g/mol. The molecule has 2 N–H and O–H groups in total. The van der Waals surface area contributed by atoms with Gasteiger partial charge in [-0.05, 0) is 6.42 Å². The molecule has 2 fully saturated rings. The molecule has 2 unspecified atom stereocenters. The second-order valence-corrected chi connectivity index (χ2v) is 8.32. The number of hydrogen-bond acceptors (Lipinski definition) is 6. The van der Waals surface area contributed by atoms with Crippen LogP contribution in [-0.2, 0) is 19.4 Å². The molecule has 24 heavy (non-hydrogen) atoms. The molecule has 134 valence electrons. The Morgan fingerprint density at radius 2 is 2.00 bits per heavy atom. The highest BCUT2D eigenvalue weighted by Crippen LogP contribution is 2.44. The van der Waals surface area contributed by atoms with E-state index in [2.05, 4.69) is 0 Å². The zero-order valence-electron chi connectivity index (χ0n) is 12.4. The van der Waals surface area contributed by atoms with Gasteiger partial charge >= 0.3 is 18.1 Å². The Kier molecular flexibility index (Phi) is 4.30. The summed E-state index contributed by atoms with van der Waals surface area (Å²) in [6.45, 7) is -0.216. The molecule has 0 radical (unpaired) electrons. The standard InChI is InChI=1S/C12H14F3N3O5S/c1-24(22,23)6-2-7(9(19)20)18(4-6)8-3-11(8,5-16)17-10(21)12(13,14)15/h6-8H,2-4H2,1H3,(H,17,21)(H,19,20)/t6-,7+,8?,11?/m1/s1. The number of carbonyl (C=O) groups is 2. The molecule has 0 spiro atoms. The smallest absolute Gasteiger partial charge is 0.471 e. The highest BCUT2D eigenvalue weighted by molar-refractivity contribution is 7.91. The van der Waals surface area contributed by atoms with Crippen LogP contribution in [0.15, 0.2) is 0 Å². The first-order valence-corrected chi connectivity index (χ1v) is 8.75. The number of aliphatic carboxylic acids is 1. The number of halogens is 3. The van der Waals surface area contributed by atoms with Crippen LogP contribution in [0.1, 0.15) is 12.8 Å². The van der Waals surface area contributed by atoms with E-state index >= 15 is 0 Å². The summed E-state index contributed by atoms with van der Waals surface area (Å²) in [6, 6.07) is -0.648. The molecule has 0 bridgehead atoms. The van der Waals surface area contributed by atoms with Gasteiger partial charge in [0.25, 0.3) is 0 Å². The van der Waals surface area contributed by atoms with Crippen LogP contribution >= 0.6 is 0 Å². The number of nitriles is 1. The summed E-state index contributed by atoms with van der Waals surface area (Å²) in [5.41, 5.74) is -1.87. The average molecular weight is 369 g/mol. The molecule has 1 heterocycles. The number of carbonyl (C=O) groups excluding carboxylic acids is 1. The highest BCUT2D eigenvalue weighted by Gasteiger charge is 2.64. The highest BCUT2D eigenvalue weighted by atomic mass is 32.2. The van der Waals surface area contributed by atoms with E-state index in [-0.39, 0.29) is 19.4 Å². The maximum atomic E-state index is 12.4. The lowest BCUT2D eigenvalue weighted by atomic mass is 10.2.